The molecule has 5 nitrogen and oxygen atoms in total. The van der Waals surface area contributed by atoms with Crippen LogP contribution in [0.1, 0.15) is 32.4 Å². The number of benzene rings is 1. The molecule has 0 spiro atoms. The smallest absolute Gasteiger partial charge is 0.260 e. The molecule has 0 aliphatic heterocycles. The van der Waals surface area contributed by atoms with Gasteiger partial charge in [-0.05, 0) is 38.1 Å². The third-order valence-corrected chi connectivity index (χ3v) is 3.18. The molecule has 0 aliphatic carbocycles. The van der Waals surface area contributed by atoms with Gasteiger partial charge in [0.25, 0.3) is 5.91 Å². The van der Waals surface area contributed by atoms with Crippen molar-refractivity contribution in [1.29, 1.82) is 0 Å². The van der Waals surface area contributed by atoms with Crippen molar-refractivity contribution in [3.05, 3.63) is 29.8 Å². The van der Waals surface area contributed by atoms with Crippen LogP contribution < -0.4 is 15.4 Å². The van der Waals surface area contributed by atoms with Gasteiger partial charge >= 0.3 is 0 Å². The summed E-state index contributed by atoms with van der Waals surface area (Å²) >= 11 is 0. The van der Waals surface area contributed by atoms with Gasteiger partial charge in [-0.25, -0.2) is 0 Å². The largest absolute Gasteiger partial charge is 0.481 e. The zero-order valence-corrected chi connectivity index (χ0v) is 13.3. The topological polar surface area (TPSA) is 59.6 Å². The highest BCUT2D eigenvalue weighted by Gasteiger charge is 2.14. The first kappa shape index (κ1) is 17.5. The normalized spacial score (nSPS) is 13.5. The van der Waals surface area contributed by atoms with Gasteiger partial charge in [0.2, 0.25) is 0 Å². The molecule has 1 aromatic carbocycles. The average Bonchev–Trinajstić information content (AvgIpc) is 2.48. The summed E-state index contributed by atoms with van der Waals surface area (Å²) in [6.45, 7) is 7.84. The Morgan fingerprint density at radius 1 is 1.24 bits per heavy atom. The Bertz CT molecular complexity index is 420. The van der Waals surface area contributed by atoms with E-state index in [1.807, 2.05) is 24.3 Å². The average molecular weight is 294 g/mol. The van der Waals surface area contributed by atoms with E-state index in [-0.39, 0.29) is 5.91 Å². The maximum absolute atomic E-state index is 11.8. The van der Waals surface area contributed by atoms with E-state index in [0.29, 0.717) is 24.9 Å². The first-order valence-electron chi connectivity index (χ1n) is 7.35. The lowest BCUT2D eigenvalue weighted by atomic mass is 10.1. The van der Waals surface area contributed by atoms with Crippen LogP contribution in [0, 0.1) is 0 Å². The summed E-state index contributed by atoms with van der Waals surface area (Å²) in [4.78, 5) is 11.8. The first-order valence-corrected chi connectivity index (χ1v) is 7.35. The van der Waals surface area contributed by atoms with Gasteiger partial charge in [-0.1, -0.05) is 19.1 Å². The van der Waals surface area contributed by atoms with Gasteiger partial charge in [0.1, 0.15) is 5.75 Å². The molecule has 2 N–H and O–H groups in total. The lowest BCUT2D eigenvalue weighted by Gasteiger charge is -2.16. The van der Waals surface area contributed by atoms with Crippen molar-refractivity contribution in [3.63, 3.8) is 0 Å². The van der Waals surface area contributed by atoms with Gasteiger partial charge in [0, 0.05) is 19.7 Å². The van der Waals surface area contributed by atoms with Gasteiger partial charge in [0.05, 0.1) is 6.61 Å². The summed E-state index contributed by atoms with van der Waals surface area (Å²) in [6, 6.07) is 8.11. The van der Waals surface area contributed by atoms with E-state index in [1.165, 1.54) is 5.56 Å². The van der Waals surface area contributed by atoms with Crippen LogP contribution in [0.2, 0.25) is 0 Å². The van der Waals surface area contributed by atoms with Gasteiger partial charge < -0.3 is 20.1 Å². The fraction of sp³-hybridized carbons (Fsp3) is 0.562. The molecule has 0 aromatic heterocycles. The number of carbonyl (C=O) groups is 1. The van der Waals surface area contributed by atoms with Crippen molar-refractivity contribution >= 4 is 5.91 Å². The zero-order valence-electron chi connectivity index (χ0n) is 13.3. The Morgan fingerprint density at radius 2 is 1.90 bits per heavy atom. The van der Waals surface area contributed by atoms with Crippen LogP contribution in [0.15, 0.2) is 24.3 Å². The molecule has 0 radical (unpaired) electrons. The summed E-state index contributed by atoms with van der Waals surface area (Å²) in [5, 5.41) is 6.10. The predicted octanol–water partition coefficient (Wildman–Crippen LogP) is 1.89. The maximum atomic E-state index is 11.8. The summed E-state index contributed by atoms with van der Waals surface area (Å²) in [6.07, 6.45) is -0.529. The number of methoxy groups -OCH3 is 1. The Kier molecular flexibility index (Phi) is 7.79. The lowest BCUT2D eigenvalue weighted by Crippen LogP contribution is -2.37. The van der Waals surface area contributed by atoms with E-state index in [9.17, 15) is 4.79 Å². The van der Waals surface area contributed by atoms with Crippen molar-refractivity contribution in [2.75, 3.05) is 26.8 Å². The minimum Gasteiger partial charge on any atom is -0.481 e. The SMILES string of the molecule is CCNC(C)c1ccc(OC(C)C(=O)NCCOC)cc1. The van der Waals surface area contributed by atoms with E-state index < -0.39 is 6.10 Å². The third-order valence-electron chi connectivity index (χ3n) is 3.18. The summed E-state index contributed by atoms with van der Waals surface area (Å²) in [5.41, 5.74) is 1.20. The van der Waals surface area contributed by atoms with Crippen LogP contribution in [-0.4, -0.2) is 38.8 Å². The molecule has 5 heteroatoms. The van der Waals surface area contributed by atoms with Crippen molar-refractivity contribution in [2.24, 2.45) is 0 Å². The molecular weight excluding hydrogens is 268 g/mol. The summed E-state index contributed by atoms with van der Waals surface area (Å²) < 4.78 is 10.5. The molecule has 0 aliphatic rings. The second-order valence-electron chi connectivity index (χ2n) is 4.89. The van der Waals surface area contributed by atoms with E-state index in [4.69, 9.17) is 9.47 Å². The molecule has 0 bridgehead atoms. The second kappa shape index (κ2) is 9.37. The van der Waals surface area contributed by atoms with Gasteiger partial charge in [-0.15, -0.1) is 0 Å². The number of rotatable bonds is 9. The first-order chi connectivity index (χ1) is 10.1. The molecule has 1 rings (SSSR count). The summed E-state index contributed by atoms with van der Waals surface area (Å²) in [5.74, 6) is 0.550. The van der Waals surface area contributed by atoms with Crippen LogP contribution >= 0.6 is 0 Å². The highest BCUT2D eigenvalue weighted by molar-refractivity contribution is 5.80. The number of hydrogen-bond donors (Lipinski definition) is 2. The van der Waals surface area contributed by atoms with Gasteiger partial charge in [-0.3, -0.25) is 4.79 Å². The second-order valence-corrected chi connectivity index (χ2v) is 4.89. The van der Waals surface area contributed by atoms with Gasteiger partial charge in [0.15, 0.2) is 6.10 Å². The number of ether oxygens (including phenoxy) is 2. The molecule has 0 saturated carbocycles. The van der Waals surface area contributed by atoms with Crippen molar-refractivity contribution in [1.82, 2.24) is 10.6 Å². The van der Waals surface area contributed by atoms with Crippen molar-refractivity contribution in [3.8, 4) is 5.75 Å². The van der Waals surface area contributed by atoms with Gasteiger partial charge in [-0.2, -0.15) is 0 Å². The molecule has 118 valence electrons. The molecule has 21 heavy (non-hydrogen) atoms. The van der Waals surface area contributed by atoms with E-state index >= 15 is 0 Å². The van der Waals surface area contributed by atoms with Crippen LogP contribution in [0.5, 0.6) is 5.75 Å². The molecule has 2 unspecified atom stereocenters. The Morgan fingerprint density at radius 3 is 2.48 bits per heavy atom. The standard InChI is InChI=1S/C16H26N2O3/c1-5-17-12(2)14-6-8-15(9-7-14)21-13(3)16(19)18-10-11-20-4/h6-9,12-13,17H,5,10-11H2,1-4H3,(H,18,19). The Balaban J connectivity index is 2.49. The van der Waals surface area contributed by atoms with E-state index in [1.54, 1.807) is 14.0 Å². The lowest BCUT2D eigenvalue weighted by molar-refractivity contribution is -0.127. The summed E-state index contributed by atoms with van der Waals surface area (Å²) in [7, 11) is 1.60. The Labute approximate surface area is 127 Å². The minimum atomic E-state index is -0.529. The molecule has 0 fully saturated rings. The predicted molar refractivity (Wildman–Crippen MR) is 83.5 cm³/mol. The molecule has 0 saturated heterocycles. The van der Waals surface area contributed by atoms with Crippen molar-refractivity contribution in [2.45, 2.75) is 32.9 Å². The number of carbonyl (C=O) groups excluding carboxylic acids is 1. The van der Waals surface area contributed by atoms with E-state index in [2.05, 4.69) is 24.5 Å². The van der Waals surface area contributed by atoms with Crippen molar-refractivity contribution < 1.29 is 14.3 Å². The zero-order chi connectivity index (χ0) is 15.7. The Hall–Kier alpha value is -1.59. The maximum Gasteiger partial charge on any atom is 0.260 e. The fourth-order valence-electron chi connectivity index (χ4n) is 1.94. The molecule has 1 amide bonds. The highest BCUT2D eigenvalue weighted by Crippen LogP contribution is 2.18. The number of nitrogens with one attached hydrogen (secondary N) is 2. The third kappa shape index (κ3) is 6.14. The molecular formula is C16H26N2O3. The van der Waals surface area contributed by atoms with E-state index in [0.717, 1.165) is 6.54 Å². The quantitative estimate of drug-likeness (QED) is 0.683. The van der Waals surface area contributed by atoms with Crippen LogP contribution in [0.4, 0.5) is 0 Å². The minimum absolute atomic E-state index is 0.142. The molecule has 2 atom stereocenters. The van der Waals surface area contributed by atoms with Crippen LogP contribution in [0.25, 0.3) is 0 Å². The monoisotopic (exact) mass is 294 g/mol. The number of hydrogen-bond acceptors (Lipinski definition) is 4. The highest BCUT2D eigenvalue weighted by atomic mass is 16.5. The fourth-order valence-corrected chi connectivity index (χ4v) is 1.94. The molecule has 0 heterocycles. The van der Waals surface area contributed by atoms with Crippen LogP contribution in [-0.2, 0) is 9.53 Å². The number of amides is 1. The van der Waals surface area contributed by atoms with Crippen LogP contribution in [0.3, 0.4) is 0 Å². The molecule has 1 aromatic rings.